The normalized spacial score (nSPS) is 43.0. The number of aliphatic hydroxyl groups is 3. The first-order valence-electron chi connectivity index (χ1n) is 3.96. The van der Waals surface area contributed by atoms with Crippen molar-refractivity contribution in [3.63, 3.8) is 0 Å². The number of hydrogen-bond acceptors (Lipinski definition) is 6. The number of nitrogens with zero attached hydrogens (tertiary/aromatic N) is 3. The molecule has 8 heteroatoms. The van der Waals surface area contributed by atoms with Crippen LogP contribution in [0, 0.1) is 0 Å². The molecule has 0 aromatic rings. The molecule has 3 N–H and O–H groups in total. The van der Waals surface area contributed by atoms with Crippen molar-refractivity contribution in [2.75, 3.05) is 6.61 Å². The lowest BCUT2D eigenvalue weighted by Crippen LogP contribution is -2.56. The van der Waals surface area contributed by atoms with Gasteiger partial charge >= 0.3 is 0 Å². The van der Waals surface area contributed by atoms with Gasteiger partial charge in [-0.1, -0.05) is 5.11 Å². The van der Waals surface area contributed by atoms with Crippen molar-refractivity contribution in [2.45, 2.75) is 29.8 Å². The first-order chi connectivity index (χ1) is 6.61. The molecule has 0 saturated carbocycles. The van der Waals surface area contributed by atoms with E-state index in [9.17, 15) is 10.2 Å². The molecule has 0 aromatic heterocycles. The van der Waals surface area contributed by atoms with Crippen LogP contribution in [0.1, 0.15) is 0 Å². The van der Waals surface area contributed by atoms with Crippen molar-refractivity contribution in [2.24, 2.45) is 5.11 Å². The third-order valence-electron chi connectivity index (χ3n) is 2.05. The molecular weight excluding hydrogens is 210 g/mol. The Hall–Kier alpha value is -0.500. The summed E-state index contributed by atoms with van der Waals surface area (Å²) < 4.78 is 4.97. The molecule has 0 aromatic carbocycles. The second kappa shape index (κ2) is 4.83. The van der Waals surface area contributed by atoms with Crippen LogP contribution in [0.25, 0.3) is 10.4 Å². The summed E-state index contributed by atoms with van der Waals surface area (Å²) >= 11 is 3.88. The number of azide groups is 1. The lowest BCUT2D eigenvalue weighted by atomic mass is 9.98. The summed E-state index contributed by atoms with van der Waals surface area (Å²) in [6, 6.07) is -1.05. The van der Waals surface area contributed by atoms with Crippen LogP contribution < -0.4 is 0 Å². The Morgan fingerprint density at radius 3 is 2.57 bits per heavy atom. The third-order valence-corrected chi connectivity index (χ3v) is 2.48. The number of ether oxygens (including phenoxy) is 1. The van der Waals surface area contributed by atoms with E-state index in [0.717, 1.165) is 0 Å². The highest BCUT2D eigenvalue weighted by molar-refractivity contribution is 7.80. The largest absolute Gasteiger partial charge is 0.394 e. The van der Waals surface area contributed by atoms with Crippen LogP contribution in [-0.4, -0.2) is 51.7 Å². The van der Waals surface area contributed by atoms with E-state index in [-0.39, 0.29) is 0 Å². The minimum Gasteiger partial charge on any atom is -0.394 e. The molecule has 5 atom stereocenters. The van der Waals surface area contributed by atoms with Crippen LogP contribution >= 0.6 is 12.6 Å². The molecule has 0 spiro atoms. The Morgan fingerprint density at radius 2 is 2.07 bits per heavy atom. The van der Waals surface area contributed by atoms with E-state index in [0.29, 0.717) is 0 Å². The minimum absolute atomic E-state index is 0.428. The molecule has 80 valence electrons. The first kappa shape index (κ1) is 11.6. The molecule has 3 unspecified atom stereocenters. The second-order valence-electron chi connectivity index (χ2n) is 2.92. The van der Waals surface area contributed by atoms with Gasteiger partial charge in [-0.05, 0) is 5.53 Å². The van der Waals surface area contributed by atoms with Crippen LogP contribution in [-0.2, 0) is 4.74 Å². The SMILES string of the molecule is [N-]=[N+]=NC1C(O)[C@H](S)OC(CO)[C@@H]1O. The molecular formula is C6H11N3O4S. The lowest BCUT2D eigenvalue weighted by molar-refractivity contribution is -0.159. The molecule has 1 fully saturated rings. The molecule has 0 aliphatic carbocycles. The van der Waals surface area contributed by atoms with Crippen molar-refractivity contribution in [3.8, 4) is 0 Å². The Labute approximate surface area is 85.3 Å². The summed E-state index contributed by atoms with van der Waals surface area (Å²) in [6.45, 7) is -0.428. The average Bonchev–Trinajstić information content (AvgIpc) is 2.18. The number of hydrogen-bond donors (Lipinski definition) is 4. The first-order valence-corrected chi connectivity index (χ1v) is 4.48. The van der Waals surface area contributed by atoms with Gasteiger partial charge in [0.15, 0.2) is 0 Å². The van der Waals surface area contributed by atoms with Gasteiger partial charge in [0.2, 0.25) is 0 Å². The Morgan fingerprint density at radius 1 is 1.43 bits per heavy atom. The van der Waals surface area contributed by atoms with Crippen LogP contribution in [0.4, 0.5) is 0 Å². The van der Waals surface area contributed by atoms with Gasteiger partial charge in [-0.3, -0.25) is 0 Å². The fourth-order valence-electron chi connectivity index (χ4n) is 1.28. The van der Waals surface area contributed by atoms with E-state index in [2.05, 4.69) is 22.7 Å². The highest BCUT2D eigenvalue weighted by atomic mass is 32.1. The number of rotatable bonds is 2. The number of aliphatic hydroxyl groups excluding tert-OH is 3. The van der Waals surface area contributed by atoms with Gasteiger partial charge in [0, 0.05) is 4.91 Å². The quantitative estimate of drug-likeness (QED) is 0.208. The van der Waals surface area contributed by atoms with Crippen molar-refractivity contribution < 1.29 is 20.1 Å². The van der Waals surface area contributed by atoms with Crippen molar-refractivity contribution in [1.82, 2.24) is 0 Å². The summed E-state index contributed by atoms with van der Waals surface area (Å²) in [4.78, 5) is 2.50. The predicted octanol–water partition coefficient (Wildman–Crippen LogP) is -0.966. The highest BCUT2D eigenvalue weighted by Gasteiger charge is 2.42. The fraction of sp³-hybridized carbons (Fsp3) is 1.00. The van der Waals surface area contributed by atoms with E-state index >= 15 is 0 Å². The maximum atomic E-state index is 9.50. The highest BCUT2D eigenvalue weighted by Crippen LogP contribution is 2.25. The maximum Gasteiger partial charge on any atom is 0.127 e. The van der Waals surface area contributed by atoms with Crippen LogP contribution in [0.3, 0.4) is 0 Å². The van der Waals surface area contributed by atoms with Crippen LogP contribution in [0.15, 0.2) is 5.11 Å². The molecule has 14 heavy (non-hydrogen) atoms. The van der Waals surface area contributed by atoms with Gasteiger partial charge in [0.05, 0.1) is 18.8 Å². The van der Waals surface area contributed by atoms with E-state index in [4.69, 9.17) is 15.4 Å². The Bertz CT molecular complexity index is 247. The average molecular weight is 221 g/mol. The predicted molar refractivity (Wildman–Crippen MR) is 49.7 cm³/mol. The molecule has 0 radical (unpaired) electrons. The molecule has 1 heterocycles. The summed E-state index contributed by atoms with van der Waals surface area (Å²) in [5.41, 5.74) is 7.32. The Balaban J connectivity index is 2.82. The second-order valence-corrected chi connectivity index (χ2v) is 3.43. The molecule has 1 saturated heterocycles. The molecule has 0 bridgehead atoms. The standard InChI is InChI=1S/C6H11N3O4S/c7-9-8-3-4(11)2(1-10)13-6(14)5(3)12/h2-6,10-12,14H,1H2/t2?,3?,4-,5?,6-/m0/s1. The van der Waals surface area contributed by atoms with Crippen molar-refractivity contribution in [3.05, 3.63) is 10.4 Å². The Kier molecular flexibility index (Phi) is 3.99. The topological polar surface area (TPSA) is 119 Å². The smallest absolute Gasteiger partial charge is 0.127 e. The monoisotopic (exact) mass is 221 g/mol. The zero-order valence-corrected chi connectivity index (χ0v) is 8.03. The molecule has 1 aliphatic rings. The van der Waals surface area contributed by atoms with E-state index in [1.54, 1.807) is 0 Å². The number of thiol groups is 1. The zero-order chi connectivity index (χ0) is 10.7. The molecule has 0 amide bonds. The molecule has 7 nitrogen and oxygen atoms in total. The van der Waals surface area contributed by atoms with Crippen molar-refractivity contribution in [1.29, 1.82) is 0 Å². The van der Waals surface area contributed by atoms with Gasteiger partial charge < -0.3 is 20.1 Å². The maximum absolute atomic E-state index is 9.50. The van der Waals surface area contributed by atoms with Gasteiger partial charge in [-0.2, -0.15) is 0 Å². The summed E-state index contributed by atoms with van der Waals surface area (Å²) in [5.74, 6) is 0. The van der Waals surface area contributed by atoms with E-state index < -0.39 is 36.4 Å². The third kappa shape index (κ3) is 2.11. The van der Waals surface area contributed by atoms with E-state index in [1.807, 2.05) is 0 Å². The minimum atomic E-state index is -1.23. The summed E-state index contributed by atoms with van der Waals surface area (Å²) in [6.07, 6.45) is -3.31. The van der Waals surface area contributed by atoms with Gasteiger partial charge in [-0.25, -0.2) is 0 Å². The van der Waals surface area contributed by atoms with Gasteiger partial charge in [-0.15, -0.1) is 12.6 Å². The zero-order valence-electron chi connectivity index (χ0n) is 7.13. The summed E-state index contributed by atoms with van der Waals surface area (Å²) in [5, 5.41) is 31.0. The lowest BCUT2D eigenvalue weighted by Gasteiger charge is -2.38. The summed E-state index contributed by atoms with van der Waals surface area (Å²) in [7, 11) is 0. The van der Waals surface area contributed by atoms with Gasteiger partial charge in [0.1, 0.15) is 17.6 Å². The van der Waals surface area contributed by atoms with Crippen LogP contribution in [0.2, 0.25) is 0 Å². The fourth-order valence-corrected chi connectivity index (χ4v) is 1.61. The van der Waals surface area contributed by atoms with E-state index in [1.165, 1.54) is 0 Å². The van der Waals surface area contributed by atoms with Gasteiger partial charge in [0.25, 0.3) is 0 Å². The van der Waals surface area contributed by atoms with Crippen molar-refractivity contribution >= 4 is 12.6 Å². The molecule has 1 aliphatic heterocycles. The van der Waals surface area contributed by atoms with Crippen LogP contribution in [0.5, 0.6) is 0 Å². The molecule has 1 rings (SSSR count).